The minimum absolute atomic E-state index is 0.110. The zero-order chi connectivity index (χ0) is 20.1. The van der Waals surface area contributed by atoms with Crippen LogP contribution in [0, 0.1) is 0 Å². The number of aryl methyl sites for hydroxylation is 1. The second kappa shape index (κ2) is 9.15. The molecule has 8 nitrogen and oxygen atoms in total. The van der Waals surface area contributed by atoms with Gasteiger partial charge in [0.15, 0.2) is 0 Å². The molecule has 1 aromatic carbocycles. The van der Waals surface area contributed by atoms with Crippen molar-refractivity contribution in [2.75, 3.05) is 36.5 Å². The lowest BCUT2D eigenvalue weighted by Gasteiger charge is -2.30. The van der Waals surface area contributed by atoms with Crippen molar-refractivity contribution in [2.24, 2.45) is 0 Å². The number of hydrogen-bond acceptors (Lipinski definition) is 7. The van der Waals surface area contributed by atoms with E-state index in [2.05, 4.69) is 41.3 Å². The van der Waals surface area contributed by atoms with Gasteiger partial charge in [0.1, 0.15) is 0 Å². The highest BCUT2D eigenvalue weighted by molar-refractivity contribution is 9.10. The molecule has 3 heterocycles. The molecule has 0 radical (unpaired) electrons. The monoisotopic (exact) mass is 457 g/mol. The molecule has 2 aromatic heterocycles. The SMILES string of the molecule is O=C(CCc1nc(-c2ccncc2)no1)Nc1cc(Br)ccc1N1CCOCC1. The van der Waals surface area contributed by atoms with E-state index < -0.39 is 0 Å². The molecule has 1 fully saturated rings. The molecule has 150 valence electrons. The molecule has 9 heteroatoms. The van der Waals surface area contributed by atoms with Gasteiger partial charge in [-0.25, -0.2) is 0 Å². The van der Waals surface area contributed by atoms with E-state index in [1.807, 2.05) is 30.3 Å². The summed E-state index contributed by atoms with van der Waals surface area (Å²) < 4.78 is 11.6. The molecule has 1 amide bonds. The number of amides is 1. The van der Waals surface area contributed by atoms with E-state index >= 15 is 0 Å². The molecule has 3 aromatic rings. The van der Waals surface area contributed by atoms with E-state index in [0.717, 1.165) is 34.5 Å². The van der Waals surface area contributed by atoms with E-state index in [1.54, 1.807) is 12.4 Å². The maximum atomic E-state index is 12.5. The number of carbonyl (C=O) groups is 1. The Morgan fingerprint density at radius 1 is 1.17 bits per heavy atom. The Morgan fingerprint density at radius 2 is 1.97 bits per heavy atom. The summed E-state index contributed by atoms with van der Waals surface area (Å²) in [5.74, 6) is 0.806. The van der Waals surface area contributed by atoms with E-state index in [4.69, 9.17) is 9.26 Å². The minimum atomic E-state index is -0.110. The van der Waals surface area contributed by atoms with Crippen LogP contribution in [0.1, 0.15) is 12.3 Å². The van der Waals surface area contributed by atoms with Crippen molar-refractivity contribution in [3.05, 3.63) is 53.1 Å². The Kier molecular flexibility index (Phi) is 6.16. The normalized spacial score (nSPS) is 14.0. The van der Waals surface area contributed by atoms with Crippen LogP contribution >= 0.6 is 15.9 Å². The predicted molar refractivity (Wildman–Crippen MR) is 112 cm³/mol. The smallest absolute Gasteiger partial charge is 0.227 e. The van der Waals surface area contributed by atoms with Gasteiger partial charge in [0.2, 0.25) is 17.6 Å². The first-order valence-corrected chi connectivity index (χ1v) is 10.1. The van der Waals surface area contributed by atoms with E-state index in [9.17, 15) is 4.79 Å². The van der Waals surface area contributed by atoms with Crippen LogP contribution in [0.25, 0.3) is 11.4 Å². The zero-order valence-electron chi connectivity index (χ0n) is 15.7. The van der Waals surface area contributed by atoms with Gasteiger partial charge in [0, 0.05) is 48.4 Å². The third-order valence-corrected chi connectivity index (χ3v) is 5.05. The number of aromatic nitrogens is 3. The molecule has 1 saturated heterocycles. The highest BCUT2D eigenvalue weighted by atomic mass is 79.9. The van der Waals surface area contributed by atoms with Crippen LogP contribution in [-0.4, -0.2) is 47.3 Å². The van der Waals surface area contributed by atoms with Crippen LogP contribution in [0.2, 0.25) is 0 Å². The van der Waals surface area contributed by atoms with Crippen LogP contribution in [0.3, 0.4) is 0 Å². The first-order valence-electron chi connectivity index (χ1n) is 9.34. The molecule has 1 aliphatic heterocycles. The first kappa shape index (κ1) is 19.5. The lowest BCUT2D eigenvalue weighted by atomic mass is 10.2. The number of morpholine rings is 1. The maximum absolute atomic E-state index is 12.5. The fourth-order valence-electron chi connectivity index (χ4n) is 3.10. The van der Waals surface area contributed by atoms with Crippen molar-refractivity contribution in [1.82, 2.24) is 15.1 Å². The predicted octanol–water partition coefficient (Wildman–Crippen LogP) is 3.30. The second-order valence-electron chi connectivity index (χ2n) is 6.56. The van der Waals surface area contributed by atoms with Crippen LogP contribution in [0.5, 0.6) is 0 Å². The van der Waals surface area contributed by atoms with E-state index in [0.29, 0.717) is 31.3 Å². The van der Waals surface area contributed by atoms with Crippen molar-refractivity contribution in [3.63, 3.8) is 0 Å². The molecule has 0 saturated carbocycles. The fourth-order valence-corrected chi connectivity index (χ4v) is 3.46. The van der Waals surface area contributed by atoms with Crippen molar-refractivity contribution in [2.45, 2.75) is 12.8 Å². The molecule has 0 spiro atoms. The van der Waals surface area contributed by atoms with Gasteiger partial charge in [-0.1, -0.05) is 21.1 Å². The summed E-state index contributed by atoms with van der Waals surface area (Å²) in [6, 6.07) is 9.50. The average molecular weight is 458 g/mol. The van der Waals surface area contributed by atoms with Gasteiger partial charge < -0.3 is 19.5 Å². The van der Waals surface area contributed by atoms with Gasteiger partial charge in [0.25, 0.3) is 0 Å². The Labute approximate surface area is 176 Å². The minimum Gasteiger partial charge on any atom is -0.378 e. The topological polar surface area (TPSA) is 93.4 Å². The summed E-state index contributed by atoms with van der Waals surface area (Å²) in [5, 5.41) is 6.97. The Morgan fingerprint density at radius 3 is 2.76 bits per heavy atom. The fraction of sp³-hybridized carbons (Fsp3) is 0.300. The molecule has 0 atom stereocenters. The number of anilines is 2. The molecular formula is C20H20BrN5O3. The molecule has 0 aliphatic carbocycles. The lowest BCUT2D eigenvalue weighted by molar-refractivity contribution is -0.116. The number of pyridine rings is 1. The third kappa shape index (κ3) is 4.99. The van der Waals surface area contributed by atoms with Crippen molar-refractivity contribution in [1.29, 1.82) is 0 Å². The lowest BCUT2D eigenvalue weighted by Crippen LogP contribution is -2.36. The average Bonchev–Trinajstić information content (AvgIpc) is 3.23. The number of benzene rings is 1. The number of hydrogen-bond donors (Lipinski definition) is 1. The number of halogens is 1. The molecule has 1 aliphatic rings. The molecule has 1 N–H and O–H groups in total. The van der Waals surface area contributed by atoms with Crippen LogP contribution in [0.15, 0.2) is 51.7 Å². The first-order chi connectivity index (χ1) is 14.2. The van der Waals surface area contributed by atoms with Gasteiger partial charge in [-0.15, -0.1) is 0 Å². The van der Waals surface area contributed by atoms with E-state index in [1.165, 1.54) is 0 Å². The summed E-state index contributed by atoms with van der Waals surface area (Å²) in [4.78, 5) is 23.1. The van der Waals surface area contributed by atoms with Crippen LogP contribution in [-0.2, 0) is 16.0 Å². The summed E-state index contributed by atoms with van der Waals surface area (Å²) in [6.07, 6.45) is 3.95. The van der Waals surface area contributed by atoms with Crippen molar-refractivity contribution >= 4 is 33.2 Å². The maximum Gasteiger partial charge on any atom is 0.227 e. The van der Waals surface area contributed by atoms with Gasteiger partial charge in [-0.3, -0.25) is 9.78 Å². The molecule has 4 rings (SSSR count). The molecule has 0 unspecified atom stereocenters. The Bertz CT molecular complexity index is 973. The largest absolute Gasteiger partial charge is 0.378 e. The quantitative estimate of drug-likeness (QED) is 0.606. The van der Waals surface area contributed by atoms with Crippen molar-refractivity contribution in [3.8, 4) is 11.4 Å². The Balaban J connectivity index is 1.39. The highest BCUT2D eigenvalue weighted by Crippen LogP contribution is 2.30. The zero-order valence-corrected chi connectivity index (χ0v) is 17.3. The standard InChI is InChI=1S/C20H20BrN5O3/c21-15-1-2-17(26-9-11-28-12-10-26)16(13-15)23-18(27)3-4-19-24-20(25-29-19)14-5-7-22-8-6-14/h1-2,5-8,13H,3-4,9-12H2,(H,23,27). The second-order valence-corrected chi connectivity index (χ2v) is 7.47. The molecule has 0 bridgehead atoms. The number of nitrogens with one attached hydrogen (secondary N) is 1. The Hall–Kier alpha value is -2.78. The summed E-state index contributed by atoms with van der Waals surface area (Å²) in [5.41, 5.74) is 2.58. The number of rotatable bonds is 6. The summed E-state index contributed by atoms with van der Waals surface area (Å²) >= 11 is 3.48. The van der Waals surface area contributed by atoms with Crippen LogP contribution < -0.4 is 10.2 Å². The van der Waals surface area contributed by atoms with Gasteiger partial charge in [-0.2, -0.15) is 4.98 Å². The highest BCUT2D eigenvalue weighted by Gasteiger charge is 2.17. The molecular weight excluding hydrogens is 438 g/mol. The van der Waals surface area contributed by atoms with Gasteiger partial charge >= 0.3 is 0 Å². The summed E-state index contributed by atoms with van der Waals surface area (Å²) in [7, 11) is 0. The van der Waals surface area contributed by atoms with E-state index in [-0.39, 0.29) is 12.3 Å². The third-order valence-electron chi connectivity index (χ3n) is 4.56. The molecule has 29 heavy (non-hydrogen) atoms. The van der Waals surface area contributed by atoms with Gasteiger partial charge in [0.05, 0.1) is 24.6 Å². The van der Waals surface area contributed by atoms with Crippen LogP contribution in [0.4, 0.5) is 11.4 Å². The number of ether oxygens (including phenoxy) is 1. The van der Waals surface area contributed by atoms with Gasteiger partial charge in [-0.05, 0) is 30.3 Å². The van der Waals surface area contributed by atoms with Crippen molar-refractivity contribution < 1.29 is 14.1 Å². The summed E-state index contributed by atoms with van der Waals surface area (Å²) in [6.45, 7) is 2.95. The number of carbonyl (C=O) groups excluding carboxylic acids is 1. The number of nitrogens with zero attached hydrogens (tertiary/aromatic N) is 4.